The summed E-state index contributed by atoms with van der Waals surface area (Å²) >= 11 is 0. The van der Waals surface area contributed by atoms with Crippen molar-refractivity contribution in [2.45, 2.75) is 59.4 Å². The van der Waals surface area contributed by atoms with E-state index in [0.29, 0.717) is 12.0 Å². The summed E-state index contributed by atoms with van der Waals surface area (Å²) in [6.45, 7) is 9.81. The minimum atomic E-state index is 0.298. The van der Waals surface area contributed by atoms with Crippen LogP contribution < -0.4 is 5.32 Å². The van der Waals surface area contributed by atoms with Gasteiger partial charge in [0.05, 0.1) is 6.04 Å². The lowest BCUT2D eigenvalue weighted by molar-refractivity contribution is 0.378. The molecule has 1 heterocycles. The summed E-state index contributed by atoms with van der Waals surface area (Å²) in [6, 6.07) is 0.298. The van der Waals surface area contributed by atoms with E-state index in [1.807, 2.05) is 19.3 Å². The maximum Gasteiger partial charge on any atom is 0.145 e. The van der Waals surface area contributed by atoms with Crippen molar-refractivity contribution >= 4 is 0 Å². The molecule has 0 radical (unpaired) electrons. The van der Waals surface area contributed by atoms with Crippen molar-refractivity contribution in [3.05, 3.63) is 23.8 Å². The molecule has 0 saturated heterocycles. The van der Waals surface area contributed by atoms with E-state index >= 15 is 0 Å². The molecular weight excluding hydrogens is 222 g/mol. The molecule has 0 saturated carbocycles. The third kappa shape index (κ3) is 5.13. The SMILES string of the molecule is CCCNC(CC(C)CCC)c1ncc(C)cn1. The highest BCUT2D eigenvalue weighted by Gasteiger charge is 2.16. The highest BCUT2D eigenvalue weighted by molar-refractivity contribution is 5.04. The van der Waals surface area contributed by atoms with Gasteiger partial charge in [0, 0.05) is 12.4 Å². The summed E-state index contributed by atoms with van der Waals surface area (Å²) in [6.07, 6.45) is 8.61. The average Bonchev–Trinajstić information content (AvgIpc) is 2.36. The van der Waals surface area contributed by atoms with Crippen LogP contribution in [0.2, 0.25) is 0 Å². The highest BCUT2D eigenvalue weighted by Crippen LogP contribution is 2.21. The van der Waals surface area contributed by atoms with E-state index in [2.05, 4.69) is 36.1 Å². The number of nitrogens with zero attached hydrogens (tertiary/aromatic N) is 2. The van der Waals surface area contributed by atoms with Crippen molar-refractivity contribution in [3.63, 3.8) is 0 Å². The topological polar surface area (TPSA) is 37.8 Å². The second-order valence-corrected chi connectivity index (χ2v) is 5.25. The quantitative estimate of drug-likeness (QED) is 0.764. The molecule has 1 rings (SSSR count). The zero-order valence-electron chi connectivity index (χ0n) is 12.2. The molecule has 0 aliphatic rings. The number of hydrogen-bond acceptors (Lipinski definition) is 3. The molecule has 0 amide bonds. The minimum absolute atomic E-state index is 0.298. The van der Waals surface area contributed by atoms with E-state index in [1.165, 1.54) is 12.8 Å². The number of hydrogen-bond donors (Lipinski definition) is 1. The lowest BCUT2D eigenvalue weighted by Gasteiger charge is -2.20. The van der Waals surface area contributed by atoms with Crippen LogP contribution in [-0.2, 0) is 0 Å². The van der Waals surface area contributed by atoms with Gasteiger partial charge in [0.15, 0.2) is 0 Å². The van der Waals surface area contributed by atoms with Crippen molar-refractivity contribution < 1.29 is 0 Å². The smallest absolute Gasteiger partial charge is 0.145 e. The fraction of sp³-hybridized carbons (Fsp3) is 0.733. The predicted octanol–water partition coefficient (Wildman–Crippen LogP) is 3.65. The van der Waals surface area contributed by atoms with Gasteiger partial charge in [-0.15, -0.1) is 0 Å². The van der Waals surface area contributed by atoms with Gasteiger partial charge in [-0.3, -0.25) is 0 Å². The fourth-order valence-corrected chi connectivity index (χ4v) is 2.19. The third-order valence-corrected chi connectivity index (χ3v) is 3.17. The molecule has 0 aromatic carbocycles. The maximum atomic E-state index is 4.47. The molecule has 0 bridgehead atoms. The largest absolute Gasteiger partial charge is 0.307 e. The molecule has 3 heteroatoms. The summed E-state index contributed by atoms with van der Waals surface area (Å²) in [7, 11) is 0. The molecule has 2 atom stereocenters. The Morgan fingerprint density at radius 2 is 1.83 bits per heavy atom. The monoisotopic (exact) mass is 249 g/mol. The Hall–Kier alpha value is -0.960. The van der Waals surface area contributed by atoms with Gasteiger partial charge in [0.25, 0.3) is 0 Å². The van der Waals surface area contributed by atoms with Crippen LogP contribution in [0.1, 0.15) is 63.9 Å². The minimum Gasteiger partial charge on any atom is -0.307 e. The van der Waals surface area contributed by atoms with Gasteiger partial charge >= 0.3 is 0 Å². The van der Waals surface area contributed by atoms with E-state index in [0.717, 1.165) is 30.8 Å². The van der Waals surface area contributed by atoms with E-state index < -0.39 is 0 Å². The fourth-order valence-electron chi connectivity index (χ4n) is 2.19. The first-order chi connectivity index (χ1) is 8.67. The molecule has 0 aliphatic heterocycles. The van der Waals surface area contributed by atoms with Gasteiger partial charge in [-0.1, -0.05) is 33.6 Å². The second kappa shape index (κ2) is 8.20. The molecule has 18 heavy (non-hydrogen) atoms. The first kappa shape index (κ1) is 15.1. The van der Waals surface area contributed by atoms with Crippen molar-refractivity contribution in [2.24, 2.45) is 5.92 Å². The van der Waals surface area contributed by atoms with Gasteiger partial charge in [-0.25, -0.2) is 9.97 Å². The summed E-state index contributed by atoms with van der Waals surface area (Å²) in [5.41, 5.74) is 1.12. The molecule has 1 N–H and O–H groups in total. The molecular formula is C15H27N3. The molecule has 1 aromatic rings. The van der Waals surface area contributed by atoms with Crippen LogP contribution in [-0.4, -0.2) is 16.5 Å². The first-order valence-corrected chi connectivity index (χ1v) is 7.19. The molecule has 102 valence electrons. The van der Waals surface area contributed by atoms with E-state index in [-0.39, 0.29) is 0 Å². The Bertz CT molecular complexity index is 321. The third-order valence-electron chi connectivity index (χ3n) is 3.17. The number of aryl methyl sites for hydroxylation is 1. The maximum absolute atomic E-state index is 4.47. The molecule has 0 fully saturated rings. The van der Waals surface area contributed by atoms with Crippen molar-refractivity contribution in [1.29, 1.82) is 0 Å². The Labute approximate surface area is 111 Å². The highest BCUT2D eigenvalue weighted by atomic mass is 15.0. The zero-order valence-corrected chi connectivity index (χ0v) is 12.2. The van der Waals surface area contributed by atoms with Gasteiger partial charge in [-0.05, 0) is 37.8 Å². The van der Waals surface area contributed by atoms with Crippen LogP contribution >= 0.6 is 0 Å². The van der Waals surface area contributed by atoms with E-state index in [4.69, 9.17) is 0 Å². The molecule has 0 aliphatic carbocycles. The van der Waals surface area contributed by atoms with Crippen LogP contribution in [0.15, 0.2) is 12.4 Å². The Morgan fingerprint density at radius 3 is 2.39 bits per heavy atom. The molecule has 0 spiro atoms. The van der Waals surface area contributed by atoms with Crippen LogP contribution in [0.3, 0.4) is 0 Å². The van der Waals surface area contributed by atoms with Gasteiger partial charge in [0.1, 0.15) is 5.82 Å². The van der Waals surface area contributed by atoms with E-state index in [9.17, 15) is 0 Å². The van der Waals surface area contributed by atoms with Crippen LogP contribution in [0.5, 0.6) is 0 Å². The standard InChI is InChI=1S/C15H27N3/c1-5-7-12(3)9-14(16-8-6-2)15-17-10-13(4)11-18-15/h10-12,14,16H,5-9H2,1-4H3. The predicted molar refractivity (Wildman–Crippen MR) is 76.5 cm³/mol. The van der Waals surface area contributed by atoms with Gasteiger partial charge in [-0.2, -0.15) is 0 Å². The van der Waals surface area contributed by atoms with Crippen molar-refractivity contribution in [1.82, 2.24) is 15.3 Å². The lowest BCUT2D eigenvalue weighted by Crippen LogP contribution is -2.25. The van der Waals surface area contributed by atoms with Gasteiger partial charge in [0.2, 0.25) is 0 Å². The summed E-state index contributed by atoms with van der Waals surface area (Å²) in [4.78, 5) is 8.94. The number of rotatable bonds is 8. The molecule has 2 unspecified atom stereocenters. The second-order valence-electron chi connectivity index (χ2n) is 5.25. The van der Waals surface area contributed by atoms with Crippen LogP contribution in [0.25, 0.3) is 0 Å². The molecule has 1 aromatic heterocycles. The molecule has 3 nitrogen and oxygen atoms in total. The number of aromatic nitrogens is 2. The van der Waals surface area contributed by atoms with Crippen molar-refractivity contribution in [3.8, 4) is 0 Å². The van der Waals surface area contributed by atoms with Crippen LogP contribution in [0.4, 0.5) is 0 Å². The first-order valence-electron chi connectivity index (χ1n) is 7.19. The van der Waals surface area contributed by atoms with Crippen molar-refractivity contribution in [2.75, 3.05) is 6.54 Å². The summed E-state index contributed by atoms with van der Waals surface area (Å²) in [5, 5.41) is 3.57. The zero-order chi connectivity index (χ0) is 13.4. The number of nitrogens with one attached hydrogen (secondary N) is 1. The van der Waals surface area contributed by atoms with E-state index in [1.54, 1.807) is 0 Å². The summed E-state index contributed by atoms with van der Waals surface area (Å²) < 4.78 is 0. The lowest BCUT2D eigenvalue weighted by atomic mass is 9.96. The Balaban J connectivity index is 2.67. The summed E-state index contributed by atoms with van der Waals surface area (Å²) in [5.74, 6) is 1.66. The normalized spacial score (nSPS) is 14.4. The Kier molecular flexibility index (Phi) is 6.88. The Morgan fingerprint density at radius 1 is 1.17 bits per heavy atom. The van der Waals surface area contributed by atoms with Crippen LogP contribution in [0, 0.1) is 12.8 Å². The van der Waals surface area contributed by atoms with Gasteiger partial charge < -0.3 is 5.32 Å². The average molecular weight is 249 g/mol.